The van der Waals surface area contributed by atoms with Crippen molar-refractivity contribution < 1.29 is 14.8 Å². The Bertz CT molecular complexity index is 762. The molecule has 0 atom stereocenters. The van der Waals surface area contributed by atoms with Gasteiger partial charge in [-0.3, -0.25) is 14.9 Å². The number of benzene rings is 2. The molecule has 112 valence electrons. The molecule has 1 amide bonds. The van der Waals surface area contributed by atoms with Gasteiger partial charge in [0.15, 0.2) is 5.75 Å². The lowest BCUT2D eigenvalue weighted by molar-refractivity contribution is -0.385. The summed E-state index contributed by atoms with van der Waals surface area (Å²) >= 11 is 5.87. The third-order valence-corrected chi connectivity index (χ3v) is 3.02. The molecule has 0 aliphatic heterocycles. The minimum Gasteiger partial charge on any atom is -0.502 e. The average Bonchev–Trinajstić information content (AvgIpc) is 2.49. The van der Waals surface area contributed by atoms with Crippen LogP contribution in [0.1, 0.15) is 15.9 Å². The molecule has 0 aliphatic rings. The predicted molar refractivity (Wildman–Crippen MR) is 81.3 cm³/mol. The molecule has 0 spiro atoms. The van der Waals surface area contributed by atoms with Gasteiger partial charge in [0.2, 0.25) is 0 Å². The smallest absolute Gasteiger partial charge is 0.311 e. The predicted octanol–water partition coefficient (Wildman–Crippen LogP) is 2.72. The molecule has 0 heterocycles. The van der Waals surface area contributed by atoms with E-state index in [2.05, 4.69) is 10.5 Å². The van der Waals surface area contributed by atoms with Gasteiger partial charge in [-0.1, -0.05) is 23.7 Å². The molecule has 0 radical (unpaired) electrons. The van der Waals surface area contributed by atoms with Gasteiger partial charge in [-0.25, -0.2) is 5.43 Å². The van der Waals surface area contributed by atoms with Crippen LogP contribution in [0.2, 0.25) is 5.02 Å². The van der Waals surface area contributed by atoms with E-state index in [1.54, 1.807) is 24.3 Å². The highest BCUT2D eigenvalue weighted by atomic mass is 35.5. The summed E-state index contributed by atoms with van der Waals surface area (Å²) in [6.07, 6.45) is 1.22. The van der Waals surface area contributed by atoms with Gasteiger partial charge in [0.05, 0.1) is 21.7 Å². The van der Waals surface area contributed by atoms with E-state index >= 15 is 0 Å². The summed E-state index contributed by atoms with van der Waals surface area (Å²) in [6.45, 7) is 0. The molecule has 0 aliphatic carbocycles. The molecule has 0 saturated heterocycles. The topological polar surface area (TPSA) is 105 Å². The molecule has 7 nitrogen and oxygen atoms in total. The van der Waals surface area contributed by atoms with Crippen LogP contribution in [0.4, 0.5) is 5.69 Å². The number of amides is 1. The Morgan fingerprint density at radius 3 is 2.73 bits per heavy atom. The molecule has 22 heavy (non-hydrogen) atoms. The van der Waals surface area contributed by atoms with Crippen molar-refractivity contribution in [1.82, 2.24) is 5.43 Å². The Hall–Kier alpha value is -2.93. The van der Waals surface area contributed by atoms with Crippen LogP contribution in [0.15, 0.2) is 47.6 Å². The van der Waals surface area contributed by atoms with Crippen molar-refractivity contribution in [3.05, 3.63) is 68.7 Å². The highest BCUT2D eigenvalue weighted by Gasteiger charge is 2.13. The van der Waals surface area contributed by atoms with E-state index < -0.39 is 22.3 Å². The van der Waals surface area contributed by atoms with Gasteiger partial charge in [-0.15, -0.1) is 0 Å². The highest BCUT2D eigenvalue weighted by Crippen LogP contribution is 2.25. The fourth-order valence-electron chi connectivity index (χ4n) is 1.64. The number of halogens is 1. The first kappa shape index (κ1) is 15.5. The Balaban J connectivity index is 2.10. The van der Waals surface area contributed by atoms with E-state index in [1.165, 1.54) is 18.3 Å². The fraction of sp³-hybridized carbons (Fsp3) is 0. The number of hydrogen-bond acceptors (Lipinski definition) is 5. The maximum absolute atomic E-state index is 11.8. The molecule has 0 fully saturated rings. The van der Waals surface area contributed by atoms with Crippen LogP contribution in [0.5, 0.6) is 5.75 Å². The summed E-state index contributed by atoms with van der Waals surface area (Å²) in [5.41, 5.74) is 2.44. The van der Waals surface area contributed by atoms with Gasteiger partial charge in [-0.05, 0) is 24.3 Å². The normalized spacial score (nSPS) is 10.6. The van der Waals surface area contributed by atoms with Crippen molar-refractivity contribution in [2.75, 3.05) is 0 Å². The quantitative estimate of drug-likeness (QED) is 0.513. The molecule has 2 rings (SSSR count). The zero-order valence-corrected chi connectivity index (χ0v) is 11.8. The first-order valence-electron chi connectivity index (χ1n) is 6.04. The molecule has 0 aromatic heterocycles. The number of nitro benzene ring substituents is 1. The summed E-state index contributed by atoms with van der Waals surface area (Å²) < 4.78 is 0. The SMILES string of the molecule is O=C(N/N=C/c1ccc(O)c([N+](=O)[O-])c1)c1ccccc1Cl. The van der Waals surface area contributed by atoms with Gasteiger partial charge in [0.25, 0.3) is 5.91 Å². The van der Waals surface area contributed by atoms with Crippen LogP contribution >= 0.6 is 11.6 Å². The molecule has 0 unspecified atom stereocenters. The minimum absolute atomic E-state index is 0.262. The summed E-state index contributed by atoms with van der Waals surface area (Å²) in [5, 5.41) is 24.0. The molecule has 2 aromatic rings. The standard InChI is InChI=1S/C14H10ClN3O4/c15-11-4-2-1-3-10(11)14(20)17-16-8-9-5-6-13(19)12(7-9)18(21)22/h1-8,19H,(H,17,20)/b16-8+. The molecule has 2 aromatic carbocycles. The summed E-state index contributed by atoms with van der Waals surface area (Å²) in [7, 11) is 0. The second-order valence-electron chi connectivity index (χ2n) is 4.18. The highest BCUT2D eigenvalue weighted by molar-refractivity contribution is 6.33. The summed E-state index contributed by atoms with van der Waals surface area (Å²) in [6, 6.07) is 10.2. The third kappa shape index (κ3) is 3.58. The lowest BCUT2D eigenvalue weighted by atomic mass is 10.2. The Morgan fingerprint density at radius 2 is 2.05 bits per heavy atom. The number of hydrazone groups is 1. The second-order valence-corrected chi connectivity index (χ2v) is 4.59. The van der Waals surface area contributed by atoms with Crippen LogP contribution in [-0.4, -0.2) is 22.2 Å². The van der Waals surface area contributed by atoms with E-state index in [-0.39, 0.29) is 10.6 Å². The molecule has 0 saturated carbocycles. The van der Waals surface area contributed by atoms with Gasteiger partial charge in [-0.2, -0.15) is 5.10 Å². The maximum Gasteiger partial charge on any atom is 0.311 e. The first-order valence-corrected chi connectivity index (χ1v) is 6.42. The number of nitro groups is 1. The number of carbonyl (C=O) groups is 1. The van der Waals surface area contributed by atoms with E-state index in [0.717, 1.165) is 6.07 Å². The van der Waals surface area contributed by atoms with E-state index in [9.17, 15) is 20.0 Å². The van der Waals surface area contributed by atoms with Crippen molar-refractivity contribution in [2.45, 2.75) is 0 Å². The number of phenols is 1. The first-order chi connectivity index (χ1) is 10.5. The van der Waals surface area contributed by atoms with E-state index in [1.807, 2.05) is 0 Å². The zero-order valence-electron chi connectivity index (χ0n) is 11.1. The van der Waals surface area contributed by atoms with Crippen LogP contribution in [0.25, 0.3) is 0 Å². The van der Waals surface area contributed by atoms with Crippen molar-refractivity contribution in [3.63, 3.8) is 0 Å². The number of nitrogens with one attached hydrogen (secondary N) is 1. The largest absolute Gasteiger partial charge is 0.502 e. The van der Waals surface area contributed by atoms with Gasteiger partial charge in [0.1, 0.15) is 0 Å². The summed E-state index contributed by atoms with van der Waals surface area (Å²) in [5.74, 6) is -0.947. The number of hydrogen-bond donors (Lipinski definition) is 2. The molecule has 0 bridgehead atoms. The molecular formula is C14H10ClN3O4. The van der Waals surface area contributed by atoms with Crippen molar-refractivity contribution in [3.8, 4) is 5.75 Å². The van der Waals surface area contributed by atoms with Crippen LogP contribution in [0, 0.1) is 10.1 Å². The molecular weight excluding hydrogens is 310 g/mol. The van der Waals surface area contributed by atoms with Crippen molar-refractivity contribution in [2.24, 2.45) is 5.10 Å². The zero-order chi connectivity index (χ0) is 16.1. The van der Waals surface area contributed by atoms with Gasteiger partial charge < -0.3 is 5.11 Å². The second kappa shape index (κ2) is 6.68. The molecule has 8 heteroatoms. The van der Waals surface area contributed by atoms with Crippen LogP contribution in [-0.2, 0) is 0 Å². The van der Waals surface area contributed by atoms with Crippen molar-refractivity contribution >= 4 is 29.4 Å². The van der Waals surface area contributed by atoms with Crippen LogP contribution < -0.4 is 5.43 Å². The number of aromatic hydroxyl groups is 1. The number of carbonyl (C=O) groups excluding carboxylic acids is 1. The Labute approximate surface area is 130 Å². The number of phenolic OH excluding ortho intramolecular Hbond substituents is 1. The monoisotopic (exact) mass is 319 g/mol. The molecule has 2 N–H and O–H groups in total. The van der Waals surface area contributed by atoms with Gasteiger partial charge >= 0.3 is 5.69 Å². The van der Waals surface area contributed by atoms with Crippen molar-refractivity contribution in [1.29, 1.82) is 0 Å². The number of nitrogens with zero attached hydrogens (tertiary/aromatic N) is 2. The Morgan fingerprint density at radius 1 is 1.32 bits per heavy atom. The third-order valence-electron chi connectivity index (χ3n) is 2.69. The average molecular weight is 320 g/mol. The fourth-order valence-corrected chi connectivity index (χ4v) is 1.86. The van der Waals surface area contributed by atoms with Gasteiger partial charge in [0, 0.05) is 11.6 Å². The number of rotatable bonds is 4. The van der Waals surface area contributed by atoms with Crippen LogP contribution in [0.3, 0.4) is 0 Å². The minimum atomic E-state index is -0.713. The summed E-state index contributed by atoms with van der Waals surface area (Å²) in [4.78, 5) is 21.8. The lowest BCUT2D eigenvalue weighted by Gasteiger charge is -2.01. The van der Waals surface area contributed by atoms with E-state index in [0.29, 0.717) is 5.56 Å². The maximum atomic E-state index is 11.8. The Kier molecular flexibility index (Phi) is 4.70. The van der Waals surface area contributed by atoms with E-state index in [4.69, 9.17) is 11.6 Å². The lowest BCUT2D eigenvalue weighted by Crippen LogP contribution is -2.17.